The first-order valence-corrected chi connectivity index (χ1v) is 10.2. The molecule has 3 aromatic rings. The van der Waals surface area contributed by atoms with Gasteiger partial charge < -0.3 is 15.1 Å². The van der Waals surface area contributed by atoms with Gasteiger partial charge >= 0.3 is 0 Å². The molecule has 1 aliphatic rings. The van der Waals surface area contributed by atoms with Crippen LogP contribution in [0.1, 0.15) is 27.9 Å². The van der Waals surface area contributed by atoms with E-state index in [1.807, 2.05) is 49.5 Å². The second-order valence-electron chi connectivity index (χ2n) is 7.58. The highest BCUT2D eigenvalue weighted by molar-refractivity contribution is 7.59. The number of carbonyl (C=O) groups excluding carboxylic acids is 2. The van der Waals surface area contributed by atoms with Crippen LogP contribution < -0.4 is 15.1 Å². The Morgan fingerprint density at radius 1 is 1.09 bits per heavy atom. The summed E-state index contributed by atoms with van der Waals surface area (Å²) < 4.78 is 0. The molecule has 2 heterocycles. The Labute approximate surface area is 200 Å². The highest BCUT2D eigenvalue weighted by Gasteiger charge is 2.35. The maximum atomic E-state index is 12.5. The highest BCUT2D eigenvalue weighted by atomic mass is 32.1. The van der Waals surface area contributed by atoms with E-state index in [0.717, 1.165) is 5.56 Å². The fourth-order valence-corrected chi connectivity index (χ4v) is 3.65. The predicted molar refractivity (Wildman–Crippen MR) is 135 cm³/mol. The van der Waals surface area contributed by atoms with Crippen molar-refractivity contribution in [3.8, 4) is 12.3 Å². The number of terminal acetylenes is 1. The molecule has 0 spiro atoms. The first kappa shape index (κ1) is 23.8. The minimum absolute atomic E-state index is 0. The Hall–Kier alpha value is -3.83. The van der Waals surface area contributed by atoms with Crippen LogP contribution in [0.2, 0.25) is 0 Å². The molecule has 1 aliphatic heterocycles. The lowest BCUT2D eigenvalue weighted by Crippen LogP contribution is -2.51. The number of hydrogen-bond donors (Lipinski definition) is 1. The molecule has 0 bridgehead atoms. The van der Waals surface area contributed by atoms with Crippen LogP contribution in [0.4, 0.5) is 17.5 Å². The molecule has 33 heavy (non-hydrogen) atoms. The summed E-state index contributed by atoms with van der Waals surface area (Å²) in [7, 11) is 3.51. The number of ketones is 1. The van der Waals surface area contributed by atoms with Crippen LogP contribution in [-0.2, 0) is 11.3 Å². The summed E-state index contributed by atoms with van der Waals surface area (Å²) >= 11 is 0. The van der Waals surface area contributed by atoms with Crippen LogP contribution >= 0.6 is 13.5 Å². The number of likely N-dealkylation sites (N-methyl/N-ethyl adjacent to an activating group) is 2. The predicted octanol–water partition coefficient (Wildman–Crippen LogP) is 3.24. The van der Waals surface area contributed by atoms with E-state index in [0.29, 0.717) is 41.5 Å². The average Bonchev–Trinajstić information content (AvgIpc) is 2.84. The van der Waals surface area contributed by atoms with Gasteiger partial charge in [-0.25, -0.2) is 4.98 Å². The van der Waals surface area contributed by atoms with E-state index in [1.54, 1.807) is 35.2 Å². The Bertz CT molecular complexity index is 1190. The maximum absolute atomic E-state index is 12.5. The molecule has 0 aliphatic carbocycles. The summed E-state index contributed by atoms with van der Waals surface area (Å²) in [5.41, 5.74) is 2.93. The van der Waals surface area contributed by atoms with Gasteiger partial charge in [-0.2, -0.15) is 18.5 Å². The number of nitrogens with one attached hydrogen (secondary N) is 1. The molecule has 8 heteroatoms. The van der Waals surface area contributed by atoms with Crippen molar-refractivity contribution >= 4 is 42.6 Å². The molecule has 0 radical (unpaired) electrons. The Kier molecular flexibility index (Phi) is 7.36. The van der Waals surface area contributed by atoms with E-state index in [1.165, 1.54) is 0 Å². The fraction of sp³-hybridized carbons (Fsp3) is 0.200. The smallest absolute Gasteiger partial charge is 0.250 e. The molecule has 4 rings (SSSR count). The zero-order valence-electron chi connectivity index (χ0n) is 18.4. The van der Waals surface area contributed by atoms with Crippen molar-refractivity contribution in [2.45, 2.75) is 19.0 Å². The summed E-state index contributed by atoms with van der Waals surface area (Å²) in [6.07, 6.45) is 7.38. The fourth-order valence-electron chi connectivity index (χ4n) is 3.65. The van der Waals surface area contributed by atoms with Crippen LogP contribution in [0, 0.1) is 12.3 Å². The second-order valence-corrected chi connectivity index (χ2v) is 7.58. The van der Waals surface area contributed by atoms with E-state index in [4.69, 9.17) is 6.42 Å². The van der Waals surface area contributed by atoms with Crippen molar-refractivity contribution in [1.29, 1.82) is 0 Å². The van der Waals surface area contributed by atoms with Gasteiger partial charge in [0.15, 0.2) is 11.6 Å². The number of benzene rings is 2. The minimum atomic E-state index is -0.449. The van der Waals surface area contributed by atoms with Gasteiger partial charge in [0.05, 0.1) is 6.20 Å². The van der Waals surface area contributed by atoms with Crippen molar-refractivity contribution in [2.75, 3.05) is 29.2 Å². The molecular weight excluding hydrogens is 434 g/mol. The lowest BCUT2D eigenvalue weighted by atomic mass is 10.0. The largest absolute Gasteiger partial charge is 0.350 e. The highest BCUT2D eigenvalue weighted by Crippen LogP contribution is 2.33. The van der Waals surface area contributed by atoms with Gasteiger partial charge in [-0.1, -0.05) is 54.6 Å². The summed E-state index contributed by atoms with van der Waals surface area (Å²) in [5, 5.41) is 3.21. The molecule has 2 aromatic carbocycles. The molecule has 0 fully saturated rings. The van der Waals surface area contributed by atoms with Crippen LogP contribution in [0.25, 0.3) is 0 Å². The summed E-state index contributed by atoms with van der Waals surface area (Å²) in [6.45, 7) is 0.491. The number of anilines is 3. The van der Waals surface area contributed by atoms with E-state index in [9.17, 15) is 9.59 Å². The summed E-state index contributed by atoms with van der Waals surface area (Å²) in [6, 6.07) is 16.2. The molecule has 1 amide bonds. The molecule has 0 saturated heterocycles. The van der Waals surface area contributed by atoms with Crippen molar-refractivity contribution in [3.63, 3.8) is 0 Å². The Balaban J connectivity index is 0.00000306. The zero-order valence-corrected chi connectivity index (χ0v) is 19.4. The topological polar surface area (TPSA) is 78.4 Å². The van der Waals surface area contributed by atoms with E-state index in [-0.39, 0.29) is 25.2 Å². The summed E-state index contributed by atoms with van der Waals surface area (Å²) in [5.74, 6) is 3.57. The summed E-state index contributed by atoms with van der Waals surface area (Å²) in [4.78, 5) is 37.4. The van der Waals surface area contributed by atoms with Gasteiger partial charge in [-0.3, -0.25) is 9.59 Å². The molecule has 1 N–H and O–H groups in total. The van der Waals surface area contributed by atoms with E-state index >= 15 is 0 Å². The van der Waals surface area contributed by atoms with Crippen molar-refractivity contribution < 1.29 is 9.59 Å². The first-order chi connectivity index (χ1) is 15.5. The Morgan fingerprint density at radius 3 is 2.42 bits per heavy atom. The normalized spacial score (nSPS) is 14.7. The second kappa shape index (κ2) is 10.2. The number of rotatable bonds is 6. The van der Waals surface area contributed by atoms with Gasteiger partial charge in [0.2, 0.25) is 5.95 Å². The average molecular weight is 460 g/mol. The van der Waals surface area contributed by atoms with Gasteiger partial charge in [0.25, 0.3) is 5.91 Å². The third kappa shape index (κ3) is 4.83. The zero-order chi connectivity index (χ0) is 22.7. The van der Waals surface area contributed by atoms with Crippen molar-refractivity contribution in [2.24, 2.45) is 0 Å². The number of amides is 1. The number of carbonyl (C=O) groups is 2. The van der Waals surface area contributed by atoms with Crippen molar-refractivity contribution in [3.05, 3.63) is 77.5 Å². The first-order valence-electron chi connectivity index (χ1n) is 10.2. The number of fused-ring (bicyclic) bond motifs is 1. The van der Waals surface area contributed by atoms with Crippen LogP contribution in [0.15, 0.2) is 60.8 Å². The van der Waals surface area contributed by atoms with Gasteiger partial charge in [0, 0.05) is 38.2 Å². The minimum Gasteiger partial charge on any atom is -0.350 e. The monoisotopic (exact) mass is 459 g/mol. The van der Waals surface area contributed by atoms with Gasteiger partial charge in [-0.15, -0.1) is 12.3 Å². The number of hydrogen-bond acceptors (Lipinski definition) is 6. The molecule has 0 saturated carbocycles. The maximum Gasteiger partial charge on any atom is 0.250 e. The van der Waals surface area contributed by atoms with Crippen LogP contribution in [-0.4, -0.2) is 41.8 Å². The Morgan fingerprint density at radius 2 is 1.76 bits per heavy atom. The number of nitrogens with zero attached hydrogens (tertiary/aromatic N) is 4. The molecule has 0 unspecified atom stereocenters. The SMILES string of the molecule is C#CC[C@H]1C(=O)N(C)c2cnc(NCc3ccc(C(=O)c4ccccc4)cc3)nc2N1C.S. The van der Waals surface area contributed by atoms with E-state index < -0.39 is 6.04 Å². The molecule has 7 nitrogen and oxygen atoms in total. The quantitative estimate of drug-likeness (QED) is 0.450. The molecular formula is C25H25N5O2S. The molecule has 1 atom stereocenters. The molecule has 168 valence electrons. The van der Waals surface area contributed by atoms with Crippen molar-refractivity contribution in [1.82, 2.24) is 9.97 Å². The number of aromatic nitrogens is 2. The van der Waals surface area contributed by atoms with Gasteiger partial charge in [-0.05, 0) is 5.56 Å². The lowest BCUT2D eigenvalue weighted by Gasteiger charge is -2.37. The molecule has 1 aromatic heterocycles. The third-order valence-electron chi connectivity index (χ3n) is 5.54. The lowest BCUT2D eigenvalue weighted by molar-refractivity contribution is -0.119. The van der Waals surface area contributed by atoms with E-state index in [2.05, 4.69) is 21.2 Å². The van der Waals surface area contributed by atoms with Crippen LogP contribution in [0.5, 0.6) is 0 Å². The van der Waals surface area contributed by atoms with Crippen LogP contribution in [0.3, 0.4) is 0 Å². The third-order valence-corrected chi connectivity index (χ3v) is 5.54. The standard InChI is InChI=1S/C25H23N5O2.H2S/c1-4-8-20-24(32)30(3)21-16-27-25(28-23(21)29(20)2)26-15-17-11-13-19(14-12-17)22(31)18-9-6-5-7-10-18;/h1,5-7,9-14,16,20H,8,15H2,2-3H3,(H,26,27,28);1H2/t20-;/m0./s1. The van der Waals surface area contributed by atoms with Gasteiger partial charge in [0.1, 0.15) is 11.7 Å².